The third-order valence-electron chi connectivity index (χ3n) is 5.06. The maximum absolute atomic E-state index is 12.1. The predicted molar refractivity (Wildman–Crippen MR) is 132 cm³/mol. The molecule has 2 aromatic rings. The molecule has 184 valence electrons. The summed E-state index contributed by atoms with van der Waals surface area (Å²) in [7, 11) is 0. The van der Waals surface area contributed by atoms with Crippen LogP contribution in [0.4, 0.5) is 0 Å². The van der Waals surface area contributed by atoms with Gasteiger partial charge in [0.05, 0.1) is 24.3 Å². The number of aliphatic carboxylic acids is 1. The number of rotatable bonds is 15. The van der Waals surface area contributed by atoms with Gasteiger partial charge in [-0.05, 0) is 57.4 Å². The zero-order chi connectivity index (χ0) is 25.1. The summed E-state index contributed by atoms with van der Waals surface area (Å²) in [5, 5.41) is 19.1. The summed E-state index contributed by atoms with van der Waals surface area (Å²) in [5.74, 6) is 0.616. The van der Waals surface area contributed by atoms with Crippen LogP contribution >= 0.6 is 11.8 Å². The van der Waals surface area contributed by atoms with E-state index in [1.165, 1.54) is 25.6 Å². The number of carbonyl (C=O) groups is 3. The van der Waals surface area contributed by atoms with Crippen LogP contribution in [0, 0.1) is 0 Å². The monoisotopic (exact) mass is 488 g/mol. The molecule has 0 spiro atoms. The Bertz CT molecular complexity index is 1020. The van der Waals surface area contributed by atoms with Crippen LogP contribution in [0.3, 0.4) is 0 Å². The Labute approximate surface area is 204 Å². The Morgan fingerprint density at radius 1 is 0.941 bits per heavy atom. The zero-order valence-corrected chi connectivity index (χ0v) is 20.7. The first-order valence-electron chi connectivity index (χ1n) is 11.4. The molecule has 0 aliphatic carbocycles. The highest BCUT2D eigenvalue weighted by Gasteiger charge is 2.18. The number of para-hydroxylation sites is 1. The number of hydrogen-bond donors (Lipinski definition) is 2. The van der Waals surface area contributed by atoms with Crippen molar-refractivity contribution < 1.29 is 34.1 Å². The van der Waals surface area contributed by atoms with E-state index >= 15 is 0 Å². The summed E-state index contributed by atoms with van der Waals surface area (Å²) in [6.45, 7) is 5.55. The fourth-order valence-electron chi connectivity index (χ4n) is 3.42. The number of benzene rings is 2. The third-order valence-corrected chi connectivity index (χ3v) is 6.19. The number of ketones is 2. The van der Waals surface area contributed by atoms with Gasteiger partial charge in [0.25, 0.3) is 0 Å². The van der Waals surface area contributed by atoms with Gasteiger partial charge in [0, 0.05) is 22.6 Å². The average Bonchev–Trinajstić information content (AvgIpc) is 2.78. The Kier molecular flexibility index (Phi) is 10.9. The number of carboxylic acids is 1. The SMILES string of the molecule is CCCc1c(OCCCSc2cccc(C(C)=O)c2O)ccc(C(C)=O)c1OCCCC(=O)O. The molecule has 0 fully saturated rings. The minimum absolute atomic E-state index is 0.00273. The number of aromatic hydroxyl groups is 1. The summed E-state index contributed by atoms with van der Waals surface area (Å²) in [6.07, 6.45) is 2.52. The Balaban J connectivity index is 2.05. The third kappa shape index (κ3) is 7.80. The lowest BCUT2D eigenvalue weighted by molar-refractivity contribution is -0.137. The first-order valence-corrected chi connectivity index (χ1v) is 12.3. The van der Waals surface area contributed by atoms with E-state index in [0.29, 0.717) is 59.1 Å². The number of carbonyl (C=O) groups excluding carboxylic acids is 2. The van der Waals surface area contributed by atoms with Gasteiger partial charge in [-0.2, -0.15) is 0 Å². The maximum atomic E-state index is 12.1. The molecule has 0 radical (unpaired) electrons. The minimum Gasteiger partial charge on any atom is -0.506 e. The Morgan fingerprint density at radius 2 is 1.65 bits per heavy atom. The van der Waals surface area contributed by atoms with Crippen LogP contribution in [0.15, 0.2) is 35.2 Å². The molecule has 2 N–H and O–H groups in total. The Hall–Kier alpha value is -3.00. The molecule has 2 aromatic carbocycles. The summed E-state index contributed by atoms with van der Waals surface area (Å²) in [6, 6.07) is 8.60. The molecule has 0 bridgehead atoms. The summed E-state index contributed by atoms with van der Waals surface area (Å²) < 4.78 is 11.9. The van der Waals surface area contributed by atoms with Crippen molar-refractivity contribution in [3.63, 3.8) is 0 Å². The van der Waals surface area contributed by atoms with Crippen LogP contribution in [0.5, 0.6) is 17.2 Å². The number of phenolic OH excluding ortho intramolecular Hbond substituents is 1. The topological polar surface area (TPSA) is 110 Å². The minimum atomic E-state index is -0.888. The molecule has 0 aromatic heterocycles. The number of Topliss-reactive ketones (excluding diaryl/α,β-unsaturated/α-hetero) is 2. The van der Waals surface area contributed by atoms with E-state index in [4.69, 9.17) is 14.6 Å². The molecular formula is C26H32O7S. The number of hydrogen-bond acceptors (Lipinski definition) is 7. The summed E-state index contributed by atoms with van der Waals surface area (Å²) in [5.41, 5.74) is 1.58. The molecule has 0 unspecified atom stereocenters. The van der Waals surface area contributed by atoms with Gasteiger partial charge in [-0.15, -0.1) is 11.8 Å². The molecule has 0 saturated heterocycles. The fourth-order valence-corrected chi connectivity index (χ4v) is 4.32. The highest BCUT2D eigenvalue weighted by molar-refractivity contribution is 7.99. The van der Waals surface area contributed by atoms with Crippen LogP contribution in [0.25, 0.3) is 0 Å². The van der Waals surface area contributed by atoms with Gasteiger partial charge in [0.1, 0.15) is 17.2 Å². The standard InChI is InChI=1S/C26H32O7S/c1-4-8-21-22(13-12-20(18(3)28)26(21)33-14-6-11-24(29)30)32-15-7-16-34-23-10-5-9-19(17(2)27)25(23)31/h5,9-10,12-13,31H,4,6-8,11,14-16H2,1-3H3,(H,29,30). The molecule has 2 rings (SSSR count). The maximum Gasteiger partial charge on any atom is 0.303 e. The molecular weight excluding hydrogens is 456 g/mol. The van der Waals surface area contributed by atoms with E-state index < -0.39 is 5.97 Å². The van der Waals surface area contributed by atoms with Crippen LogP contribution in [-0.2, 0) is 11.2 Å². The number of phenols is 1. The van der Waals surface area contributed by atoms with Crippen molar-refractivity contribution in [3.05, 3.63) is 47.0 Å². The number of carboxylic acid groups (broad SMARTS) is 1. The zero-order valence-electron chi connectivity index (χ0n) is 19.9. The van der Waals surface area contributed by atoms with Gasteiger partial charge >= 0.3 is 5.97 Å². The van der Waals surface area contributed by atoms with Crippen molar-refractivity contribution in [1.82, 2.24) is 0 Å². The van der Waals surface area contributed by atoms with E-state index in [0.717, 1.165) is 12.0 Å². The van der Waals surface area contributed by atoms with Gasteiger partial charge in [-0.1, -0.05) is 19.4 Å². The molecule has 0 aliphatic rings. The van der Waals surface area contributed by atoms with Gasteiger partial charge in [-0.25, -0.2) is 0 Å². The molecule has 0 amide bonds. The first-order chi connectivity index (χ1) is 16.3. The van der Waals surface area contributed by atoms with Crippen molar-refractivity contribution in [2.24, 2.45) is 0 Å². The largest absolute Gasteiger partial charge is 0.506 e. The van der Waals surface area contributed by atoms with Crippen molar-refractivity contribution in [1.29, 1.82) is 0 Å². The van der Waals surface area contributed by atoms with E-state index in [1.54, 1.807) is 30.3 Å². The van der Waals surface area contributed by atoms with Gasteiger partial charge in [0.2, 0.25) is 0 Å². The van der Waals surface area contributed by atoms with Crippen LogP contribution < -0.4 is 9.47 Å². The number of thioether (sulfide) groups is 1. The van der Waals surface area contributed by atoms with Crippen molar-refractivity contribution in [3.8, 4) is 17.2 Å². The molecule has 0 atom stereocenters. The second-order valence-electron chi connectivity index (χ2n) is 7.83. The van der Waals surface area contributed by atoms with Crippen molar-refractivity contribution in [2.45, 2.75) is 57.8 Å². The lowest BCUT2D eigenvalue weighted by atomic mass is 10.0. The van der Waals surface area contributed by atoms with Gasteiger partial charge < -0.3 is 19.7 Å². The van der Waals surface area contributed by atoms with Gasteiger partial charge in [-0.3, -0.25) is 14.4 Å². The normalized spacial score (nSPS) is 10.7. The lowest BCUT2D eigenvalue weighted by Crippen LogP contribution is -2.10. The van der Waals surface area contributed by atoms with Crippen molar-refractivity contribution in [2.75, 3.05) is 19.0 Å². The summed E-state index contributed by atoms with van der Waals surface area (Å²) in [4.78, 5) is 35.2. The lowest BCUT2D eigenvalue weighted by Gasteiger charge is -2.18. The highest BCUT2D eigenvalue weighted by atomic mass is 32.2. The van der Waals surface area contributed by atoms with Crippen LogP contribution in [0.2, 0.25) is 0 Å². The molecule has 7 nitrogen and oxygen atoms in total. The quantitative estimate of drug-likeness (QED) is 0.191. The van der Waals surface area contributed by atoms with E-state index in [1.807, 2.05) is 6.92 Å². The van der Waals surface area contributed by atoms with Crippen LogP contribution in [0.1, 0.15) is 72.7 Å². The smallest absolute Gasteiger partial charge is 0.303 e. The highest BCUT2D eigenvalue weighted by Crippen LogP contribution is 2.35. The van der Waals surface area contributed by atoms with Crippen molar-refractivity contribution >= 4 is 29.3 Å². The molecule has 0 heterocycles. The Morgan fingerprint density at radius 3 is 2.29 bits per heavy atom. The average molecular weight is 489 g/mol. The van der Waals surface area contributed by atoms with E-state index in [9.17, 15) is 19.5 Å². The van der Waals surface area contributed by atoms with Crippen LogP contribution in [-0.4, -0.2) is 46.7 Å². The molecule has 0 saturated carbocycles. The molecule has 0 aliphatic heterocycles. The van der Waals surface area contributed by atoms with E-state index in [2.05, 4.69) is 0 Å². The molecule has 34 heavy (non-hydrogen) atoms. The second kappa shape index (κ2) is 13.6. The predicted octanol–water partition coefficient (Wildman–Crippen LogP) is 5.55. The number of ether oxygens (including phenoxy) is 2. The van der Waals surface area contributed by atoms with Gasteiger partial charge in [0.15, 0.2) is 11.6 Å². The molecule has 8 heteroatoms. The first kappa shape index (κ1) is 27.2. The van der Waals surface area contributed by atoms with E-state index in [-0.39, 0.29) is 30.3 Å². The summed E-state index contributed by atoms with van der Waals surface area (Å²) >= 11 is 1.45. The second-order valence-corrected chi connectivity index (χ2v) is 8.97. The fraction of sp³-hybridized carbons (Fsp3) is 0.423.